The van der Waals surface area contributed by atoms with E-state index in [1.165, 1.54) is 5.56 Å². The zero-order valence-electron chi connectivity index (χ0n) is 21.5. The number of hydrogen-bond acceptors (Lipinski definition) is 5. The average Bonchev–Trinajstić information content (AvgIpc) is 3.00. The molecule has 180 valence electrons. The van der Waals surface area contributed by atoms with Crippen molar-refractivity contribution < 1.29 is 23.4 Å². The van der Waals surface area contributed by atoms with E-state index < -0.39 is 8.32 Å². The van der Waals surface area contributed by atoms with Crippen LogP contribution in [0.1, 0.15) is 50.3 Å². The SMILES string of the molecule is COc1cc(C2=CCCCc3c2ccc(OC)c3O[Si](C)(C)C(C)(C)C)cc(OC)c1OC. The van der Waals surface area contributed by atoms with Gasteiger partial charge in [-0.15, -0.1) is 0 Å². The van der Waals surface area contributed by atoms with Crippen LogP contribution in [-0.2, 0) is 6.42 Å². The van der Waals surface area contributed by atoms with Gasteiger partial charge in [0.25, 0.3) is 8.32 Å². The molecule has 0 spiro atoms. The molecule has 0 saturated heterocycles. The molecule has 6 heteroatoms. The van der Waals surface area contributed by atoms with Gasteiger partial charge in [0, 0.05) is 5.56 Å². The molecule has 3 rings (SSSR count). The van der Waals surface area contributed by atoms with Crippen LogP contribution < -0.4 is 23.4 Å². The highest BCUT2D eigenvalue weighted by Crippen LogP contribution is 2.47. The number of methoxy groups -OCH3 is 4. The predicted molar refractivity (Wildman–Crippen MR) is 137 cm³/mol. The molecule has 0 aromatic heterocycles. The minimum absolute atomic E-state index is 0.0842. The van der Waals surface area contributed by atoms with Crippen LogP contribution >= 0.6 is 0 Å². The molecule has 0 amide bonds. The molecule has 0 unspecified atom stereocenters. The fourth-order valence-electron chi connectivity index (χ4n) is 3.93. The van der Waals surface area contributed by atoms with Gasteiger partial charge in [-0.2, -0.15) is 0 Å². The summed E-state index contributed by atoms with van der Waals surface area (Å²) in [6, 6.07) is 8.20. The van der Waals surface area contributed by atoms with Gasteiger partial charge in [0.15, 0.2) is 17.2 Å². The van der Waals surface area contributed by atoms with Crippen LogP contribution in [0, 0.1) is 0 Å². The van der Waals surface area contributed by atoms with E-state index in [1.54, 1.807) is 28.4 Å². The molecule has 2 aromatic carbocycles. The molecule has 0 bridgehead atoms. The average molecular weight is 471 g/mol. The molecular weight excluding hydrogens is 432 g/mol. The van der Waals surface area contributed by atoms with Crippen molar-refractivity contribution in [1.29, 1.82) is 0 Å². The lowest BCUT2D eigenvalue weighted by Gasteiger charge is -2.37. The summed E-state index contributed by atoms with van der Waals surface area (Å²) in [6.45, 7) is 11.3. The zero-order valence-corrected chi connectivity index (χ0v) is 22.5. The van der Waals surface area contributed by atoms with Crippen LogP contribution in [0.5, 0.6) is 28.7 Å². The van der Waals surface area contributed by atoms with Crippen LogP contribution in [0.25, 0.3) is 5.57 Å². The maximum absolute atomic E-state index is 6.87. The highest BCUT2D eigenvalue weighted by molar-refractivity contribution is 6.74. The lowest BCUT2D eigenvalue weighted by Crippen LogP contribution is -2.44. The maximum atomic E-state index is 6.87. The Balaban J connectivity index is 2.21. The quantitative estimate of drug-likeness (QED) is 0.413. The van der Waals surface area contributed by atoms with Gasteiger partial charge in [-0.1, -0.05) is 32.9 Å². The summed E-state index contributed by atoms with van der Waals surface area (Å²) in [4.78, 5) is 0. The van der Waals surface area contributed by atoms with Crippen LogP contribution in [0.2, 0.25) is 18.1 Å². The first-order valence-electron chi connectivity index (χ1n) is 11.5. The second-order valence-electron chi connectivity index (χ2n) is 9.91. The molecule has 33 heavy (non-hydrogen) atoms. The number of benzene rings is 2. The van der Waals surface area contributed by atoms with Crippen molar-refractivity contribution in [2.24, 2.45) is 0 Å². The van der Waals surface area contributed by atoms with Crippen molar-refractivity contribution in [3.8, 4) is 28.7 Å². The molecule has 0 fully saturated rings. The van der Waals surface area contributed by atoms with Crippen LogP contribution in [0.15, 0.2) is 30.3 Å². The summed E-state index contributed by atoms with van der Waals surface area (Å²) in [5.41, 5.74) is 4.54. The van der Waals surface area contributed by atoms with Gasteiger partial charge in [0.1, 0.15) is 5.75 Å². The summed E-state index contributed by atoms with van der Waals surface area (Å²) in [5.74, 6) is 3.57. The lowest BCUT2D eigenvalue weighted by atomic mass is 9.92. The molecule has 5 nitrogen and oxygen atoms in total. The third-order valence-electron chi connectivity index (χ3n) is 6.85. The van der Waals surface area contributed by atoms with E-state index in [9.17, 15) is 0 Å². The Morgan fingerprint density at radius 2 is 1.39 bits per heavy atom. The van der Waals surface area contributed by atoms with Gasteiger partial charge >= 0.3 is 0 Å². The molecule has 0 N–H and O–H groups in total. The minimum Gasteiger partial charge on any atom is -0.541 e. The van der Waals surface area contributed by atoms with Crippen molar-refractivity contribution in [3.05, 3.63) is 47.0 Å². The third kappa shape index (κ3) is 4.86. The van der Waals surface area contributed by atoms with Gasteiger partial charge < -0.3 is 23.4 Å². The number of ether oxygens (including phenoxy) is 4. The number of allylic oxidation sites excluding steroid dienone is 1. The fraction of sp³-hybridized carbons (Fsp3) is 0.481. The molecule has 1 aliphatic carbocycles. The Hall–Kier alpha value is -2.60. The lowest BCUT2D eigenvalue weighted by molar-refractivity contribution is 0.324. The minimum atomic E-state index is -2.07. The number of fused-ring (bicyclic) bond motifs is 1. The molecular formula is C27H38O5Si. The topological polar surface area (TPSA) is 46.2 Å². The maximum Gasteiger partial charge on any atom is 0.250 e. The standard InChI is InChI=1S/C27H38O5Si/c1-27(2,3)33(8,9)32-25-21-13-11-10-12-19(20(21)14-15-22(25)28-4)18-16-23(29-5)26(31-7)24(17-18)30-6/h12,14-17H,10-11,13H2,1-9H3. The predicted octanol–water partition coefficient (Wildman–Crippen LogP) is 6.87. The highest BCUT2D eigenvalue weighted by Gasteiger charge is 2.40. The Bertz CT molecular complexity index is 1010. The Morgan fingerprint density at radius 1 is 0.788 bits per heavy atom. The van der Waals surface area contributed by atoms with Crippen LogP contribution in [0.3, 0.4) is 0 Å². The monoisotopic (exact) mass is 470 g/mol. The Labute approximate surface area is 199 Å². The van der Waals surface area contributed by atoms with Crippen LogP contribution in [-0.4, -0.2) is 36.8 Å². The highest BCUT2D eigenvalue weighted by atomic mass is 28.4. The summed E-state index contributed by atoms with van der Waals surface area (Å²) >= 11 is 0. The zero-order chi connectivity index (χ0) is 24.4. The first kappa shape index (κ1) is 25.0. The normalized spacial score (nSPS) is 14.0. The van der Waals surface area contributed by atoms with Crippen LogP contribution in [0.4, 0.5) is 0 Å². The first-order chi connectivity index (χ1) is 15.6. The first-order valence-corrected chi connectivity index (χ1v) is 14.4. The van der Waals surface area contributed by atoms with Crippen molar-refractivity contribution in [1.82, 2.24) is 0 Å². The largest absolute Gasteiger partial charge is 0.541 e. The van der Waals surface area contributed by atoms with Gasteiger partial charge in [0.2, 0.25) is 5.75 Å². The number of hydrogen-bond donors (Lipinski definition) is 0. The molecule has 2 aromatic rings. The van der Waals surface area contributed by atoms with Crippen molar-refractivity contribution >= 4 is 13.9 Å². The van der Waals surface area contributed by atoms with Crippen molar-refractivity contribution in [2.45, 2.75) is 58.2 Å². The summed E-state index contributed by atoms with van der Waals surface area (Å²) in [5, 5.41) is 0.0842. The second kappa shape index (κ2) is 9.72. The van der Waals surface area contributed by atoms with E-state index in [1.807, 2.05) is 18.2 Å². The smallest absolute Gasteiger partial charge is 0.250 e. The molecule has 0 aliphatic heterocycles. The van der Waals surface area contributed by atoms with E-state index >= 15 is 0 Å². The Morgan fingerprint density at radius 3 is 1.91 bits per heavy atom. The van der Waals surface area contributed by atoms with Gasteiger partial charge in [-0.25, -0.2) is 0 Å². The van der Waals surface area contributed by atoms with Gasteiger partial charge in [0.05, 0.1) is 28.4 Å². The summed E-state index contributed by atoms with van der Waals surface area (Å²) < 4.78 is 29.4. The van der Waals surface area contributed by atoms with Gasteiger partial charge in [-0.3, -0.25) is 0 Å². The van der Waals surface area contributed by atoms with E-state index in [2.05, 4.69) is 46.0 Å². The molecule has 1 aliphatic rings. The fourth-order valence-corrected chi connectivity index (χ4v) is 4.97. The molecule has 0 saturated carbocycles. The Kier molecular flexibility index (Phi) is 7.37. The second-order valence-corrected chi connectivity index (χ2v) is 14.6. The molecule has 0 heterocycles. The van der Waals surface area contributed by atoms with E-state index in [-0.39, 0.29) is 5.04 Å². The summed E-state index contributed by atoms with van der Waals surface area (Å²) in [7, 11) is 4.56. The van der Waals surface area contributed by atoms with E-state index in [4.69, 9.17) is 23.4 Å². The third-order valence-corrected chi connectivity index (χ3v) is 11.2. The summed E-state index contributed by atoms with van der Waals surface area (Å²) in [6.07, 6.45) is 5.25. The van der Waals surface area contributed by atoms with Crippen molar-refractivity contribution in [3.63, 3.8) is 0 Å². The number of rotatable bonds is 7. The van der Waals surface area contributed by atoms with E-state index in [0.717, 1.165) is 47.5 Å². The molecule has 0 radical (unpaired) electrons. The van der Waals surface area contributed by atoms with Gasteiger partial charge in [-0.05, 0) is 72.3 Å². The van der Waals surface area contributed by atoms with E-state index in [0.29, 0.717) is 17.2 Å². The molecule has 0 atom stereocenters. The van der Waals surface area contributed by atoms with Crippen molar-refractivity contribution in [2.75, 3.05) is 28.4 Å².